The first kappa shape index (κ1) is 11.3. The van der Waals surface area contributed by atoms with Crippen LogP contribution in [0.4, 0.5) is 4.79 Å². The van der Waals surface area contributed by atoms with Gasteiger partial charge in [0, 0.05) is 25.7 Å². The molecule has 0 aliphatic carbocycles. The molecule has 0 aromatic heterocycles. The summed E-state index contributed by atoms with van der Waals surface area (Å²) in [5, 5.41) is 2.82. The fraction of sp³-hybridized carbons (Fsp3) is 0.900. The summed E-state index contributed by atoms with van der Waals surface area (Å²) in [6, 6.07) is 0.323. The van der Waals surface area contributed by atoms with Crippen LogP contribution < -0.4 is 11.1 Å². The van der Waals surface area contributed by atoms with Crippen molar-refractivity contribution >= 4 is 6.03 Å². The number of amides is 2. The van der Waals surface area contributed by atoms with E-state index < -0.39 is 0 Å². The van der Waals surface area contributed by atoms with E-state index in [1.807, 2.05) is 11.8 Å². The van der Waals surface area contributed by atoms with Gasteiger partial charge in [-0.1, -0.05) is 13.3 Å². The fourth-order valence-electron chi connectivity index (χ4n) is 1.93. The zero-order chi connectivity index (χ0) is 10.6. The Kier molecular flexibility index (Phi) is 4.20. The number of carbonyl (C=O) groups excluding carboxylic acids is 1. The van der Waals surface area contributed by atoms with Crippen LogP contribution in [-0.4, -0.2) is 36.6 Å². The number of rotatable bonds is 2. The lowest BCUT2D eigenvalue weighted by atomic mass is 9.91. The summed E-state index contributed by atoms with van der Waals surface area (Å²) < 4.78 is 0. The molecule has 1 fully saturated rings. The standard InChI is InChI=1S/C10H21N3O/c1-3-8-7-13(6-5-9(8)11)10(14)12-4-2/h8-9H,3-7,11H2,1-2H3,(H,12,14). The second-order valence-electron chi connectivity index (χ2n) is 3.90. The molecule has 2 atom stereocenters. The lowest BCUT2D eigenvalue weighted by Crippen LogP contribution is -2.51. The third-order valence-electron chi connectivity index (χ3n) is 2.93. The Bertz CT molecular complexity index is 196. The SMILES string of the molecule is CCNC(=O)N1CCC(N)C(CC)C1. The molecular weight excluding hydrogens is 178 g/mol. The van der Waals surface area contributed by atoms with Crippen LogP contribution in [0.2, 0.25) is 0 Å². The van der Waals surface area contributed by atoms with Gasteiger partial charge >= 0.3 is 6.03 Å². The maximum atomic E-state index is 11.5. The molecule has 2 unspecified atom stereocenters. The minimum absolute atomic E-state index is 0.0536. The monoisotopic (exact) mass is 199 g/mol. The number of nitrogens with zero attached hydrogens (tertiary/aromatic N) is 1. The second kappa shape index (κ2) is 5.20. The van der Waals surface area contributed by atoms with Crippen LogP contribution in [0.5, 0.6) is 0 Å². The van der Waals surface area contributed by atoms with Gasteiger partial charge in [0.2, 0.25) is 0 Å². The summed E-state index contributed by atoms with van der Waals surface area (Å²) in [5.41, 5.74) is 5.97. The molecule has 0 saturated carbocycles. The normalized spacial score (nSPS) is 27.5. The van der Waals surface area contributed by atoms with Gasteiger partial charge in [-0.3, -0.25) is 0 Å². The van der Waals surface area contributed by atoms with E-state index in [1.54, 1.807) is 0 Å². The molecule has 3 N–H and O–H groups in total. The number of nitrogens with two attached hydrogens (primary N) is 1. The number of nitrogens with one attached hydrogen (secondary N) is 1. The van der Waals surface area contributed by atoms with Crippen molar-refractivity contribution in [1.82, 2.24) is 10.2 Å². The smallest absolute Gasteiger partial charge is 0.317 e. The number of hydrogen-bond donors (Lipinski definition) is 2. The van der Waals surface area contributed by atoms with Gasteiger partial charge in [-0.2, -0.15) is 0 Å². The first-order chi connectivity index (χ1) is 6.69. The number of piperidine rings is 1. The van der Waals surface area contributed by atoms with Crippen LogP contribution >= 0.6 is 0 Å². The first-order valence-corrected chi connectivity index (χ1v) is 5.47. The molecule has 1 saturated heterocycles. The number of carbonyl (C=O) groups is 1. The highest BCUT2D eigenvalue weighted by molar-refractivity contribution is 5.74. The molecule has 0 aromatic rings. The largest absolute Gasteiger partial charge is 0.338 e. The molecule has 14 heavy (non-hydrogen) atoms. The highest BCUT2D eigenvalue weighted by Crippen LogP contribution is 2.18. The topological polar surface area (TPSA) is 58.4 Å². The van der Waals surface area contributed by atoms with Crippen LogP contribution in [0.15, 0.2) is 0 Å². The summed E-state index contributed by atoms with van der Waals surface area (Å²) in [7, 11) is 0. The van der Waals surface area contributed by atoms with Crippen molar-refractivity contribution in [2.45, 2.75) is 32.7 Å². The van der Waals surface area contributed by atoms with E-state index in [2.05, 4.69) is 12.2 Å². The highest BCUT2D eigenvalue weighted by atomic mass is 16.2. The highest BCUT2D eigenvalue weighted by Gasteiger charge is 2.27. The van der Waals surface area contributed by atoms with Gasteiger partial charge in [-0.15, -0.1) is 0 Å². The average Bonchev–Trinajstić information content (AvgIpc) is 2.19. The van der Waals surface area contributed by atoms with Crippen molar-refractivity contribution in [3.63, 3.8) is 0 Å². The summed E-state index contributed by atoms with van der Waals surface area (Å²) >= 11 is 0. The Morgan fingerprint density at radius 3 is 2.86 bits per heavy atom. The third kappa shape index (κ3) is 2.61. The van der Waals surface area contributed by atoms with Gasteiger partial charge in [-0.25, -0.2) is 4.79 Å². The van der Waals surface area contributed by atoms with Crippen molar-refractivity contribution in [2.75, 3.05) is 19.6 Å². The molecule has 0 aromatic carbocycles. The molecule has 1 heterocycles. The van der Waals surface area contributed by atoms with Crippen LogP contribution in [0.3, 0.4) is 0 Å². The quantitative estimate of drug-likeness (QED) is 0.690. The molecule has 2 amide bonds. The lowest BCUT2D eigenvalue weighted by Gasteiger charge is -2.36. The molecule has 4 heteroatoms. The molecule has 1 rings (SSSR count). The maximum Gasteiger partial charge on any atom is 0.317 e. The Balaban J connectivity index is 2.45. The Hall–Kier alpha value is -0.770. The molecule has 4 nitrogen and oxygen atoms in total. The van der Waals surface area contributed by atoms with E-state index in [-0.39, 0.29) is 12.1 Å². The zero-order valence-corrected chi connectivity index (χ0v) is 9.12. The Morgan fingerprint density at radius 2 is 2.29 bits per heavy atom. The van der Waals surface area contributed by atoms with E-state index in [9.17, 15) is 4.79 Å². The number of hydrogen-bond acceptors (Lipinski definition) is 2. The predicted molar refractivity (Wildman–Crippen MR) is 57.0 cm³/mol. The molecule has 82 valence electrons. The maximum absolute atomic E-state index is 11.5. The summed E-state index contributed by atoms with van der Waals surface area (Å²) in [6.45, 7) is 6.36. The molecule has 1 aliphatic heterocycles. The van der Waals surface area contributed by atoms with Crippen molar-refractivity contribution in [3.8, 4) is 0 Å². The molecule has 0 radical (unpaired) electrons. The Labute approximate surface area is 85.8 Å². The predicted octanol–water partition coefficient (Wildman–Crippen LogP) is 0.775. The van der Waals surface area contributed by atoms with E-state index >= 15 is 0 Å². The number of likely N-dealkylation sites (tertiary alicyclic amines) is 1. The van der Waals surface area contributed by atoms with E-state index in [4.69, 9.17) is 5.73 Å². The molecule has 0 bridgehead atoms. The Morgan fingerprint density at radius 1 is 1.57 bits per heavy atom. The zero-order valence-electron chi connectivity index (χ0n) is 9.12. The third-order valence-corrected chi connectivity index (χ3v) is 2.93. The molecule has 1 aliphatic rings. The first-order valence-electron chi connectivity index (χ1n) is 5.47. The second-order valence-corrected chi connectivity index (χ2v) is 3.90. The van der Waals surface area contributed by atoms with E-state index in [1.165, 1.54) is 0 Å². The van der Waals surface area contributed by atoms with Gasteiger partial charge < -0.3 is 16.0 Å². The van der Waals surface area contributed by atoms with Crippen molar-refractivity contribution in [2.24, 2.45) is 11.7 Å². The summed E-state index contributed by atoms with van der Waals surface area (Å²) in [4.78, 5) is 13.4. The minimum Gasteiger partial charge on any atom is -0.338 e. The van der Waals surface area contributed by atoms with E-state index in [0.29, 0.717) is 12.5 Å². The van der Waals surface area contributed by atoms with Crippen LogP contribution in [0.1, 0.15) is 26.7 Å². The van der Waals surface area contributed by atoms with Crippen LogP contribution in [0, 0.1) is 5.92 Å². The lowest BCUT2D eigenvalue weighted by molar-refractivity contribution is 0.153. The van der Waals surface area contributed by atoms with Gasteiger partial charge in [-0.05, 0) is 19.3 Å². The van der Waals surface area contributed by atoms with Gasteiger partial charge in [0.15, 0.2) is 0 Å². The van der Waals surface area contributed by atoms with Crippen molar-refractivity contribution in [3.05, 3.63) is 0 Å². The van der Waals surface area contributed by atoms with Gasteiger partial charge in [0.05, 0.1) is 0 Å². The van der Waals surface area contributed by atoms with Gasteiger partial charge in [0.1, 0.15) is 0 Å². The fourth-order valence-corrected chi connectivity index (χ4v) is 1.93. The summed E-state index contributed by atoms with van der Waals surface area (Å²) in [6.07, 6.45) is 1.98. The average molecular weight is 199 g/mol. The summed E-state index contributed by atoms with van der Waals surface area (Å²) in [5.74, 6) is 0.464. The van der Waals surface area contributed by atoms with Crippen molar-refractivity contribution in [1.29, 1.82) is 0 Å². The van der Waals surface area contributed by atoms with Gasteiger partial charge in [0.25, 0.3) is 0 Å². The van der Waals surface area contributed by atoms with Crippen LogP contribution in [-0.2, 0) is 0 Å². The molecular formula is C10H21N3O. The number of urea groups is 1. The molecule has 0 spiro atoms. The minimum atomic E-state index is 0.0536. The van der Waals surface area contributed by atoms with E-state index in [0.717, 1.165) is 25.9 Å². The van der Waals surface area contributed by atoms with Crippen molar-refractivity contribution < 1.29 is 4.79 Å². The van der Waals surface area contributed by atoms with Crippen LogP contribution in [0.25, 0.3) is 0 Å².